The summed E-state index contributed by atoms with van der Waals surface area (Å²) in [5.41, 5.74) is -0.664. The van der Waals surface area contributed by atoms with Gasteiger partial charge in [-0.05, 0) is 54.4 Å². The zero-order valence-electron chi connectivity index (χ0n) is 14.4. The van der Waals surface area contributed by atoms with Gasteiger partial charge < -0.3 is 9.47 Å². The molecule has 0 aromatic heterocycles. The highest BCUT2D eigenvalue weighted by atomic mass is 16.6. The Morgan fingerprint density at radius 3 is 1.86 bits per heavy atom. The van der Waals surface area contributed by atoms with Crippen LogP contribution in [-0.4, -0.2) is 46.2 Å². The van der Waals surface area contributed by atoms with Crippen LogP contribution in [0, 0.1) is 0 Å². The van der Waals surface area contributed by atoms with Crippen LogP contribution in [0.25, 0.3) is 0 Å². The maximum atomic E-state index is 12.0. The molecule has 0 radical (unpaired) electrons. The average molecular weight is 309 g/mol. The number of nitrogens with zero attached hydrogens (tertiary/aromatic N) is 1. The molecule has 0 saturated heterocycles. The Morgan fingerprint density at radius 1 is 0.909 bits per heavy atom. The van der Waals surface area contributed by atoms with Gasteiger partial charge in [0.15, 0.2) is 0 Å². The monoisotopic (exact) mass is 309 g/mol. The summed E-state index contributed by atoms with van der Waals surface area (Å²) < 4.78 is 12.3. The Labute approximate surface area is 132 Å². The van der Waals surface area contributed by atoms with Crippen LogP contribution in [0.1, 0.15) is 54.4 Å². The second-order valence-electron chi connectivity index (χ2n) is 7.99. The zero-order valence-corrected chi connectivity index (χ0v) is 14.4. The van der Waals surface area contributed by atoms with E-state index in [9.17, 15) is 9.59 Å². The standard InChI is InChI=1S/C17H27NO4/c1-16(2,3)21-12-8-7-11(15(12)22-17(4,5)6)18-13(19)9-10-14(18)20/h9-12,15H,7-8H2,1-6H3/t11-,12-,15-/m0/s1. The minimum atomic E-state index is -0.369. The second-order valence-corrected chi connectivity index (χ2v) is 7.99. The topological polar surface area (TPSA) is 55.8 Å². The molecule has 2 aliphatic rings. The molecule has 124 valence electrons. The quantitative estimate of drug-likeness (QED) is 0.751. The SMILES string of the molecule is CC(C)(C)O[C@@H]1[C@@H](OC(C)(C)C)CC[C@@H]1N1C(=O)C=CC1=O. The van der Waals surface area contributed by atoms with Crippen LogP contribution in [0.15, 0.2) is 12.2 Å². The first-order valence-electron chi connectivity index (χ1n) is 7.89. The number of hydrogen-bond acceptors (Lipinski definition) is 4. The highest BCUT2D eigenvalue weighted by Gasteiger charge is 2.47. The highest BCUT2D eigenvalue weighted by molar-refractivity contribution is 6.13. The largest absolute Gasteiger partial charge is 0.370 e. The van der Waals surface area contributed by atoms with Crippen molar-refractivity contribution in [2.24, 2.45) is 0 Å². The lowest BCUT2D eigenvalue weighted by molar-refractivity contribution is -0.170. The van der Waals surface area contributed by atoms with Gasteiger partial charge in [0.2, 0.25) is 0 Å². The van der Waals surface area contributed by atoms with Crippen molar-refractivity contribution in [2.45, 2.75) is 83.8 Å². The summed E-state index contributed by atoms with van der Waals surface area (Å²) in [6.07, 6.45) is 3.72. The first-order valence-corrected chi connectivity index (χ1v) is 7.89. The Bertz CT molecular complexity index is 466. The van der Waals surface area contributed by atoms with E-state index >= 15 is 0 Å². The Balaban J connectivity index is 2.22. The van der Waals surface area contributed by atoms with E-state index in [1.165, 1.54) is 17.1 Å². The van der Waals surface area contributed by atoms with Crippen molar-refractivity contribution >= 4 is 11.8 Å². The van der Waals surface area contributed by atoms with E-state index in [2.05, 4.69) is 0 Å². The molecule has 5 heteroatoms. The smallest absolute Gasteiger partial charge is 0.253 e. The number of amides is 2. The van der Waals surface area contributed by atoms with Crippen LogP contribution < -0.4 is 0 Å². The Morgan fingerprint density at radius 2 is 1.41 bits per heavy atom. The lowest BCUT2D eigenvalue weighted by Gasteiger charge is -2.37. The molecular weight excluding hydrogens is 282 g/mol. The van der Waals surface area contributed by atoms with Crippen molar-refractivity contribution in [3.05, 3.63) is 12.2 Å². The van der Waals surface area contributed by atoms with E-state index in [0.717, 1.165) is 6.42 Å². The van der Waals surface area contributed by atoms with Gasteiger partial charge >= 0.3 is 0 Å². The molecule has 0 aromatic carbocycles. The van der Waals surface area contributed by atoms with Crippen molar-refractivity contribution in [3.8, 4) is 0 Å². The number of imide groups is 1. The fourth-order valence-electron chi connectivity index (χ4n) is 3.07. The van der Waals surface area contributed by atoms with Crippen molar-refractivity contribution < 1.29 is 19.1 Å². The lowest BCUT2D eigenvalue weighted by Crippen LogP contribution is -2.51. The molecule has 0 bridgehead atoms. The number of carbonyl (C=O) groups is 2. The molecule has 2 rings (SSSR count). The van der Waals surface area contributed by atoms with Gasteiger partial charge in [0.05, 0.1) is 23.3 Å². The number of carbonyl (C=O) groups excluding carboxylic acids is 2. The molecule has 1 aliphatic heterocycles. The fraction of sp³-hybridized carbons (Fsp3) is 0.765. The van der Waals surface area contributed by atoms with Crippen LogP contribution in [0.4, 0.5) is 0 Å². The van der Waals surface area contributed by atoms with E-state index < -0.39 is 0 Å². The van der Waals surface area contributed by atoms with Crippen LogP contribution in [0.3, 0.4) is 0 Å². The van der Waals surface area contributed by atoms with Gasteiger partial charge in [0.25, 0.3) is 11.8 Å². The lowest BCUT2D eigenvalue weighted by atomic mass is 10.1. The summed E-state index contributed by atoms with van der Waals surface area (Å²) >= 11 is 0. The molecule has 0 unspecified atom stereocenters. The van der Waals surface area contributed by atoms with Gasteiger partial charge in [-0.1, -0.05) is 0 Å². The second kappa shape index (κ2) is 5.78. The summed E-state index contributed by atoms with van der Waals surface area (Å²) in [6, 6.07) is -0.262. The van der Waals surface area contributed by atoms with Crippen LogP contribution in [0.2, 0.25) is 0 Å². The molecule has 1 heterocycles. The first kappa shape index (κ1) is 17.2. The van der Waals surface area contributed by atoms with Crippen LogP contribution in [-0.2, 0) is 19.1 Å². The normalized spacial score (nSPS) is 29.7. The van der Waals surface area contributed by atoms with E-state index in [1.54, 1.807) is 0 Å². The third kappa shape index (κ3) is 3.96. The zero-order chi connectivity index (χ0) is 16.7. The van der Waals surface area contributed by atoms with E-state index in [1.807, 2.05) is 41.5 Å². The average Bonchev–Trinajstić information content (AvgIpc) is 2.81. The number of hydrogen-bond donors (Lipinski definition) is 0. The van der Waals surface area contributed by atoms with Crippen molar-refractivity contribution in [1.29, 1.82) is 0 Å². The molecule has 5 nitrogen and oxygen atoms in total. The molecular formula is C17H27NO4. The van der Waals surface area contributed by atoms with Gasteiger partial charge in [-0.3, -0.25) is 14.5 Å². The summed E-state index contributed by atoms with van der Waals surface area (Å²) in [4.78, 5) is 25.3. The summed E-state index contributed by atoms with van der Waals surface area (Å²) in [6.45, 7) is 11.9. The minimum absolute atomic E-state index is 0.120. The third-order valence-corrected chi connectivity index (χ3v) is 3.66. The predicted molar refractivity (Wildman–Crippen MR) is 83.3 cm³/mol. The molecule has 0 N–H and O–H groups in total. The molecule has 22 heavy (non-hydrogen) atoms. The van der Waals surface area contributed by atoms with Gasteiger partial charge in [-0.15, -0.1) is 0 Å². The minimum Gasteiger partial charge on any atom is -0.370 e. The molecule has 0 spiro atoms. The van der Waals surface area contributed by atoms with E-state index in [0.29, 0.717) is 6.42 Å². The van der Waals surface area contributed by atoms with Gasteiger partial charge in [0.1, 0.15) is 6.10 Å². The summed E-state index contributed by atoms with van der Waals surface area (Å²) in [7, 11) is 0. The van der Waals surface area contributed by atoms with Gasteiger partial charge in [-0.2, -0.15) is 0 Å². The number of ether oxygens (including phenoxy) is 2. The molecule has 1 saturated carbocycles. The molecule has 1 aliphatic carbocycles. The molecule has 2 amide bonds. The molecule has 1 fully saturated rings. The van der Waals surface area contributed by atoms with Crippen molar-refractivity contribution in [2.75, 3.05) is 0 Å². The van der Waals surface area contributed by atoms with E-state index in [-0.39, 0.29) is 41.3 Å². The molecule has 0 aromatic rings. The maximum absolute atomic E-state index is 12.0. The van der Waals surface area contributed by atoms with E-state index in [4.69, 9.17) is 9.47 Å². The van der Waals surface area contributed by atoms with Gasteiger partial charge in [-0.25, -0.2) is 0 Å². The first-order chi connectivity index (χ1) is 9.98. The Kier molecular flexibility index (Phi) is 4.51. The van der Waals surface area contributed by atoms with Crippen LogP contribution >= 0.6 is 0 Å². The third-order valence-electron chi connectivity index (χ3n) is 3.66. The van der Waals surface area contributed by atoms with Gasteiger partial charge in [0, 0.05) is 12.2 Å². The fourth-order valence-corrected chi connectivity index (χ4v) is 3.07. The van der Waals surface area contributed by atoms with Crippen molar-refractivity contribution in [1.82, 2.24) is 4.90 Å². The van der Waals surface area contributed by atoms with Crippen molar-refractivity contribution in [3.63, 3.8) is 0 Å². The summed E-state index contributed by atoms with van der Waals surface area (Å²) in [5, 5.41) is 0. The predicted octanol–water partition coefficient (Wildman–Crippen LogP) is 2.44. The number of rotatable bonds is 3. The summed E-state index contributed by atoms with van der Waals surface area (Å²) in [5.74, 6) is -0.511. The molecule has 3 atom stereocenters. The Hall–Kier alpha value is -1.20. The highest BCUT2D eigenvalue weighted by Crippen LogP contribution is 2.35. The van der Waals surface area contributed by atoms with Crippen LogP contribution in [0.5, 0.6) is 0 Å². The maximum Gasteiger partial charge on any atom is 0.253 e.